The first-order valence-electron chi connectivity index (χ1n) is 6.59. The predicted molar refractivity (Wildman–Crippen MR) is 73.1 cm³/mol. The summed E-state index contributed by atoms with van der Waals surface area (Å²) >= 11 is 0. The highest BCUT2D eigenvalue weighted by Gasteiger charge is 2.29. The number of aliphatic hydroxyl groups is 1. The Kier molecular flexibility index (Phi) is 5.15. The Labute approximate surface area is 113 Å². The maximum absolute atomic E-state index is 8.68. The molecule has 5 heteroatoms. The van der Waals surface area contributed by atoms with Gasteiger partial charge in [-0.2, -0.15) is 0 Å². The maximum atomic E-state index is 8.68. The zero-order chi connectivity index (χ0) is 13.7. The fourth-order valence-corrected chi connectivity index (χ4v) is 2.54. The molecule has 1 aromatic rings. The van der Waals surface area contributed by atoms with Gasteiger partial charge in [0.15, 0.2) is 0 Å². The predicted octanol–water partition coefficient (Wildman–Crippen LogP) is 0.519. The summed E-state index contributed by atoms with van der Waals surface area (Å²) in [5.41, 5.74) is 8.46. The summed E-state index contributed by atoms with van der Waals surface area (Å²) in [5.74, 6) is 0.871. The third-order valence-electron chi connectivity index (χ3n) is 3.51. The fourth-order valence-electron chi connectivity index (χ4n) is 2.54. The fraction of sp³-hybridized carbons (Fsp3) is 0.571. The molecule has 0 aliphatic carbocycles. The van der Waals surface area contributed by atoms with E-state index in [2.05, 4.69) is 17.0 Å². The Morgan fingerprint density at radius 1 is 1.42 bits per heavy atom. The molecule has 1 aliphatic rings. The molecular weight excluding hydrogens is 244 g/mol. The van der Waals surface area contributed by atoms with E-state index >= 15 is 0 Å². The normalized spacial score (nSPS) is 18.6. The van der Waals surface area contributed by atoms with Crippen molar-refractivity contribution in [3.63, 3.8) is 0 Å². The highest BCUT2D eigenvalue weighted by Crippen LogP contribution is 2.34. The van der Waals surface area contributed by atoms with Gasteiger partial charge >= 0.3 is 0 Å². The van der Waals surface area contributed by atoms with Crippen LogP contribution in [-0.2, 0) is 11.3 Å². The molecule has 0 saturated heterocycles. The highest BCUT2D eigenvalue weighted by atomic mass is 16.5. The van der Waals surface area contributed by atoms with Gasteiger partial charge in [0.05, 0.1) is 26.9 Å². The molecule has 5 nitrogen and oxygen atoms in total. The van der Waals surface area contributed by atoms with E-state index < -0.39 is 0 Å². The van der Waals surface area contributed by atoms with Crippen LogP contribution in [-0.4, -0.2) is 50.0 Å². The van der Waals surface area contributed by atoms with E-state index in [1.165, 1.54) is 11.1 Å². The quantitative estimate of drug-likeness (QED) is 0.704. The summed E-state index contributed by atoms with van der Waals surface area (Å²) in [4.78, 5) is 2.31. The van der Waals surface area contributed by atoms with Gasteiger partial charge in [-0.1, -0.05) is 6.07 Å². The average Bonchev–Trinajstić information content (AvgIpc) is 2.79. The number of aliphatic hydroxyl groups excluding tert-OH is 1. The van der Waals surface area contributed by atoms with Crippen molar-refractivity contribution in [2.45, 2.75) is 12.6 Å². The van der Waals surface area contributed by atoms with Crippen molar-refractivity contribution in [3.05, 3.63) is 29.3 Å². The molecule has 0 radical (unpaired) electrons. The molecule has 3 N–H and O–H groups in total. The monoisotopic (exact) mass is 266 g/mol. The van der Waals surface area contributed by atoms with Gasteiger partial charge in [0.2, 0.25) is 0 Å². The smallest absolute Gasteiger partial charge is 0.119 e. The van der Waals surface area contributed by atoms with Crippen molar-refractivity contribution in [3.8, 4) is 5.75 Å². The van der Waals surface area contributed by atoms with Crippen LogP contribution in [0.4, 0.5) is 0 Å². The van der Waals surface area contributed by atoms with E-state index in [-0.39, 0.29) is 12.6 Å². The summed E-state index contributed by atoms with van der Waals surface area (Å²) in [6, 6.07) is 6.38. The number of hydrogen-bond acceptors (Lipinski definition) is 5. The lowest BCUT2D eigenvalue weighted by molar-refractivity contribution is 0.0657. The van der Waals surface area contributed by atoms with Crippen LogP contribution in [0.1, 0.15) is 17.2 Å². The molecule has 1 heterocycles. The van der Waals surface area contributed by atoms with Crippen LogP contribution in [0.25, 0.3) is 0 Å². The Morgan fingerprint density at radius 3 is 2.95 bits per heavy atom. The van der Waals surface area contributed by atoms with Gasteiger partial charge < -0.3 is 20.3 Å². The number of hydrogen-bond donors (Lipinski definition) is 2. The molecule has 19 heavy (non-hydrogen) atoms. The third-order valence-corrected chi connectivity index (χ3v) is 3.51. The SMILES string of the molecule is COc1ccc2c(c1)C(CN)N(CCOCCO)C2. The lowest BCUT2D eigenvalue weighted by atomic mass is 10.0. The summed E-state index contributed by atoms with van der Waals surface area (Å²) < 4.78 is 10.6. The second-order valence-electron chi connectivity index (χ2n) is 4.62. The molecule has 1 unspecified atom stereocenters. The minimum atomic E-state index is 0.0672. The van der Waals surface area contributed by atoms with Crippen molar-refractivity contribution >= 4 is 0 Å². The van der Waals surface area contributed by atoms with Crippen LogP contribution in [0.3, 0.4) is 0 Å². The van der Waals surface area contributed by atoms with Crippen molar-refractivity contribution < 1.29 is 14.6 Å². The molecular formula is C14H22N2O3. The van der Waals surface area contributed by atoms with E-state index in [9.17, 15) is 0 Å². The van der Waals surface area contributed by atoms with Gasteiger partial charge in [-0.15, -0.1) is 0 Å². The number of fused-ring (bicyclic) bond motifs is 1. The highest BCUT2D eigenvalue weighted by molar-refractivity contribution is 5.40. The molecule has 1 aliphatic heterocycles. The van der Waals surface area contributed by atoms with E-state index in [1.54, 1.807) is 7.11 Å². The molecule has 0 saturated carbocycles. The average molecular weight is 266 g/mol. The Morgan fingerprint density at radius 2 is 2.26 bits per heavy atom. The van der Waals surface area contributed by atoms with Gasteiger partial charge in [0.25, 0.3) is 0 Å². The van der Waals surface area contributed by atoms with E-state index in [0.29, 0.717) is 19.8 Å². The molecule has 1 aromatic carbocycles. The first-order valence-corrected chi connectivity index (χ1v) is 6.59. The van der Waals surface area contributed by atoms with Gasteiger partial charge in [0.1, 0.15) is 5.75 Å². The third kappa shape index (κ3) is 3.25. The van der Waals surface area contributed by atoms with Gasteiger partial charge in [0, 0.05) is 25.7 Å². The molecule has 1 atom stereocenters. The van der Waals surface area contributed by atoms with Crippen LogP contribution >= 0.6 is 0 Å². The molecule has 0 fully saturated rings. The Hall–Kier alpha value is -1.14. The molecule has 0 spiro atoms. The van der Waals surface area contributed by atoms with Gasteiger partial charge in [-0.05, 0) is 23.3 Å². The molecule has 0 bridgehead atoms. The number of nitrogens with zero attached hydrogens (tertiary/aromatic N) is 1. The zero-order valence-corrected chi connectivity index (χ0v) is 11.3. The van der Waals surface area contributed by atoms with Crippen molar-refractivity contribution in [2.24, 2.45) is 5.73 Å². The molecule has 2 rings (SSSR count). The number of rotatable bonds is 7. The first-order chi connectivity index (χ1) is 9.30. The summed E-state index contributed by atoms with van der Waals surface area (Å²) in [6.45, 7) is 3.37. The minimum Gasteiger partial charge on any atom is -0.497 e. The lowest BCUT2D eigenvalue weighted by Gasteiger charge is -2.23. The second-order valence-corrected chi connectivity index (χ2v) is 4.62. The van der Waals surface area contributed by atoms with Crippen LogP contribution in [0.5, 0.6) is 5.75 Å². The summed E-state index contributed by atoms with van der Waals surface area (Å²) in [7, 11) is 1.68. The number of ether oxygens (including phenoxy) is 2. The minimum absolute atomic E-state index is 0.0672. The van der Waals surface area contributed by atoms with E-state index in [1.807, 2.05) is 6.07 Å². The zero-order valence-electron chi connectivity index (χ0n) is 11.3. The van der Waals surface area contributed by atoms with Gasteiger partial charge in [-0.25, -0.2) is 0 Å². The molecule has 0 aromatic heterocycles. The van der Waals surface area contributed by atoms with Crippen molar-refractivity contribution in [2.75, 3.05) is 40.0 Å². The summed E-state index contributed by atoms with van der Waals surface area (Å²) in [6.07, 6.45) is 0. The van der Waals surface area contributed by atoms with Crippen LogP contribution in [0.2, 0.25) is 0 Å². The number of benzene rings is 1. The largest absolute Gasteiger partial charge is 0.497 e. The van der Waals surface area contributed by atoms with E-state index in [0.717, 1.165) is 18.8 Å². The van der Waals surface area contributed by atoms with Crippen LogP contribution in [0.15, 0.2) is 18.2 Å². The lowest BCUT2D eigenvalue weighted by Crippen LogP contribution is -2.31. The maximum Gasteiger partial charge on any atom is 0.119 e. The molecule has 106 valence electrons. The van der Waals surface area contributed by atoms with Gasteiger partial charge in [-0.3, -0.25) is 4.90 Å². The topological polar surface area (TPSA) is 68.0 Å². The standard InChI is InChI=1S/C14H22N2O3/c1-18-12-3-2-11-10-16(4-6-19-7-5-17)14(9-15)13(11)8-12/h2-3,8,14,17H,4-7,9-10,15H2,1H3. The van der Waals surface area contributed by atoms with Crippen LogP contribution < -0.4 is 10.5 Å². The number of methoxy groups -OCH3 is 1. The first kappa shape index (κ1) is 14.3. The van der Waals surface area contributed by atoms with Crippen LogP contribution in [0, 0.1) is 0 Å². The number of nitrogens with two attached hydrogens (primary N) is 1. The Bertz CT molecular complexity index is 412. The summed E-state index contributed by atoms with van der Waals surface area (Å²) in [5, 5.41) is 8.68. The Balaban J connectivity index is 2.01. The van der Waals surface area contributed by atoms with E-state index in [4.69, 9.17) is 20.3 Å². The second kappa shape index (κ2) is 6.86. The molecule has 0 amide bonds. The van der Waals surface area contributed by atoms with Crippen molar-refractivity contribution in [1.29, 1.82) is 0 Å². The van der Waals surface area contributed by atoms with Crippen molar-refractivity contribution in [1.82, 2.24) is 4.90 Å².